The zero-order chi connectivity index (χ0) is 16.9. The van der Waals surface area contributed by atoms with Crippen LogP contribution < -0.4 is 5.32 Å². The van der Waals surface area contributed by atoms with Gasteiger partial charge < -0.3 is 14.8 Å². The van der Waals surface area contributed by atoms with E-state index in [-0.39, 0.29) is 11.8 Å². The fourth-order valence-electron chi connectivity index (χ4n) is 4.00. The molecule has 2 aliphatic heterocycles. The molecule has 0 bridgehead atoms. The molecule has 3 heterocycles. The van der Waals surface area contributed by atoms with Gasteiger partial charge in [0, 0.05) is 38.1 Å². The standard InChI is InChI=1S/C18H31N5O/c1-15-19-7-12-22(15)13-8-20-18(24)16-4-3-9-23(14-16)17-5-10-21(2)11-6-17/h7,12,16-17H,3-6,8-11,13-14H2,1-2H3,(H,20,24)/t16-/m1/s1. The van der Waals surface area contributed by atoms with Gasteiger partial charge in [-0.3, -0.25) is 9.69 Å². The van der Waals surface area contributed by atoms with Crippen LogP contribution >= 0.6 is 0 Å². The molecule has 1 atom stereocenters. The molecule has 1 aromatic rings. The van der Waals surface area contributed by atoms with Crippen molar-refractivity contribution < 1.29 is 4.79 Å². The van der Waals surface area contributed by atoms with Crippen molar-refractivity contribution in [1.29, 1.82) is 0 Å². The van der Waals surface area contributed by atoms with Crippen LogP contribution in [0.25, 0.3) is 0 Å². The summed E-state index contributed by atoms with van der Waals surface area (Å²) in [6.45, 7) is 7.92. The lowest BCUT2D eigenvalue weighted by Crippen LogP contribution is -2.50. The normalized spacial score (nSPS) is 24.2. The van der Waals surface area contributed by atoms with Crippen LogP contribution in [-0.4, -0.2) is 71.1 Å². The Hall–Kier alpha value is -1.40. The van der Waals surface area contributed by atoms with Crippen LogP contribution in [0, 0.1) is 12.8 Å². The van der Waals surface area contributed by atoms with Crippen molar-refractivity contribution in [3.05, 3.63) is 18.2 Å². The van der Waals surface area contributed by atoms with E-state index in [1.54, 1.807) is 6.20 Å². The fourth-order valence-corrected chi connectivity index (χ4v) is 4.00. The van der Waals surface area contributed by atoms with Gasteiger partial charge in [-0.1, -0.05) is 0 Å². The van der Waals surface area contributed by atoms with E-state index >= 15 is 0 Å². The average Bonchev–Trinajstić information content (AvgIpc) is 3.01. The minimum atomic E-state index is 0.155. The molecule has 0 aromatic carbocycles. The number of imidazole rings is 1. The first kappa shape index (κ1) is 17.4. The summed E-state index contributed by atoms with van der Waals surface area (Å²) < 4.78 is 2.08. The Bertz CT molecular complexity index is 535. The van der Waals surface area contributed by atoms with Gasteiger partial charge in [-0.25, -0.2) is 4.98 Å². The van der Waals surface area contributed by atoms with Crippen LogP contribution in [0.1, 0.15) is 31.5 Å². The second-order valence-corrected chi connectivity index (χ2v) is 7.33. The predicted molar refractivity (Wildman–Crippen MR) is 94.8 cm³/mol. The molecule has 1 aromatic heterocycles. The molecule has 0 spiro atoms. The van der Waals surface area contributed by atoms with Crippen molar-refractivity contribution in [3.63, 3.8) is 0 Å². The Morgan fingerprint density at radius 3 is 2.79 bits per heavy atom. The summed E-state index contributed by atoms with van der Waals surface area (Å²) in [5, 5.41) is 3.13. The van der Waals surface area contributed by atoms with Crippen molar-refractivity contribution >= 4 is 5.91 Å². The van der Waals surface area contributed by atoms with E-state index in [1.807, 2.05) is 13.1 Å². The van der Waals surface area contributed by atoms with Crippen molar-refractivity contribution in [2.45, 2.75) is 45.2 Å². The molecule has 1 amide bonds. The number of aryl methyl sites for hydroxylation is 1. The number of piperidine rings is 2. The third-order valence-corrected chi connectivity index (χ3v) is 5.60. The Kier molecular flexibility index (Phi) is 5.89. The van der Waals surface area contributed by atoms with E-state index in [1.165, 1.54) is 25.9 Å². The predicted octanol–water partition coefficient (Wildman–Crippen LogP) is 1.11. The second kappa shape index (κ2) is 8.12. The van der Waals surface area contributed by atoms with E-state index < -0.39 is 0 Å². The molecule has 3 rings (SSSR count). The van der Waals surface area contributed by atoms with E-state index in [2.05, 4.69) is 31.7 Å². The average molecular weight is 333 g/mol. The van der Waals surface area contributed by atoms with Crippen LogP contribution in [0.15, 0.2) is 12.4 Å². The number of rotatable bonds is 5. The summed E-state index contributed by atoms with van der Waals surface area (Å²) >= 11 is 0. The first-order valence-electron chi connectivity index (χ1n) is 9.31. The Morgan fingerprint density at radius 1 is 1.29 bits per heavy atom. The molecule has 6 heteroatoms. The molecule has 6 nitrogen and oxygen atoms in total. The number of hydrogen-bond donors (Lipinski definition) is 1. The Labute approximate surface area is 145 Å². The molecule has 0 saturated carbocycles. The molecule has 2 aliphatic rings. The van der Waals surface area contributed by atoms with E-state index in [4.69, 9.17) is 0 Å². The number of carbonyl (C=O) groups excluding carboxylic acids is 1. The van der Waals surface area contributed by atoms with Crippen molar-refractivity contribution in [1.82, 2.24) is 24.7 Å². The van der Waals surface area contributed by atoms with Crippen molar-refractivity contribution in [2.24, 2.45) is 5.92 Å². The lowest BCUT2D eigenvalue weighted by molar-refractivity contribution is -0.127. The minimum absolute atomic E-state index is 0.155. The maximum atomic E-state index is 12.5. The number of nitrogens with zero attached hydrogens (tertiary/aromatic N) is 4. The van der Waals surface area contributed by atoms with E-state index in [0.29, 0.717) is 12.6 Å². The molecular formula is C18H31N5O. The highest BCUT2D eigenvalue weighted by Crippen LogP contribution is 2.23. The highest BCUT2D eigenvalue weighted by Gasteiger charge is 2.30. The van der Waals surface area contributed by atoms with Gasteiger partial charge in [0.2, 0.25) is 5.91 Å². The van der Waals surface area contributed by atoms with Gasteiger partial charge in [-0.15, -0.1) is 0 Å². The Morgan fingerprint density at radius 2 is 2.08 bits per heavy atom. The van der Waals surface area contributed by atoms with Gasteiger partial charge in [-0.05, 0) is 59.3 Å². The topological polar surface area (TPSA) is 53.4 Å². The Balaban J connectivity index is 1.44. The fraction of sp³-hybridized carbons (Fsp3) is 0.778. The summed E-state index contributed by atoms with van der Waals surface area (Å²) in [4.78, 5) is 21.7. The van der Waals surface area contributed by atoms with Gasteiger partial charge in [0.1, 0.15) is 5.82 Å². The highest BCUT2D eigenvalue weighted by atomic mass is 16.1. The highest BCUT2D eigenvalue weighted by molar-refractivity contribution is 5.78. The summed E-state index contributed by atoms with van der Waals surface area (Å²) in [5.41, 5.74) is 0. The maximum Gasteiger partial charge on any atom is 0.224 e. The zero-order valence-corrected chi connectivity index (χ0v) is 15.1. The maximum absolute atomic E-state index is 12.5. The van der Waals surface area contributed by atoms with Gasteiger partial charge in [0.25, 0.3) is 0 Å². The largest absolute Gasteiger partial charge is 0.354 e. The summed E-state index contributed by atoms with van der Waals surface area (Å²) in [5.74, 6) is 1.38. The molecule has 2 fully saturated rings. The zero-order valence-electron chi connectivity index (χ0n) is 15.1. The molecule has 0 aliphatic carbocycles. The van der Waals surface area contributed by atoms with Crippen LogP contribution in [0.3, 0.4) is 0 Å². The lowest BCUT2D eigenvalue weighted by atomic mass is 9.93. The number of carbonyl (C=O) groups is 1. The molecular weight excluding hydrogens is 302 g/mol. The number of likely N-dealkylation sites (tertiary alicyclic amines) is 2. The van der Waals surface area contributed by atoms with Crippen LogP contribution in [0.5, 0.6) is 0 Å². The lowest BCUT2D eigenvalue weighted by Gasteiger charge is -2.41. The minimum Gasteiger partial charge on any atom is -0.354 e. The summed E-state index contributed by atoms with van der Waals surface area (Å²) in [7, 11) is 2.20. The monoisotopic (exact) mass is 333 g/mol. The quantitative estimate of drug-likeness (QED) is 0.877. The number of aromatic nitrogens is 2. The third kappa shape index (κ3) is 4.36. The molecule has 0 radical (unpaired) electrons. The number of amides is 1. The van der Waals surface area contributed by atoms with E-state index in [9.17, 15) is 4.79 Å². The first-order valence-corrected chi connectivity index (χ1v) is 9.31. The van der Waals surface area contributed by atoms with Gasteiger partial charge in [-0.2, -0.15) is 0 Å². The molecule has 134 valence electrons. The molecule has 24 heavy (non-hydrogen) atoms. The SMILES string of the molecule is Cc1nccn1CCNC(=O)[C@@H]1CCCN(C2CCN(C)CC2)C1. The van der Waals surface area contributed by atoms with Crippen LogP contribution in [0.2, 0.25) is 0 Å². The second-order valence-electron chi connectivity index (χ2n) is 7.33. The first-order chi connectivity index (χ1) is 11.6. The molecule has 0 unspecified atom stereocenters. The van der Waals surface area contributed by atoms with Crippen molar-refractivity contribution in [2.75, 3.05) is 39.8 Å². The molecule has 1 N–H and O–H groups in total. The van der Waals surface area contributed by atoms with E-state index in [0.717, 1.165) is 38.3 Å². The number of nitrogens with one attached hydrogen (secondary N) is 1. The third-order valence-electron chi connectivity index (χ3n) is 5.60. The number of hydrogen-bond acceptors (Lipinski definition) is 4. The van der Waals surface area contributed by atoms with Crippen LogP contribution in [0.4, 0.5) is 0 Å². The van der Waals surface area contributed by atoms with Crippen LogP contribution in [-0.2, 0) is 11.3 Å². The van der Waals surface area contributed by atoms with Gasteiger partial charge in [0.15, 0.2) is 0 Å². The smallest absolute Gasteiger partial charge is 0.224 e. The van der Waals surface area contributed by atoms with Gasteiger partial charge >= 0.3 is 0 Å². The molecule has 2 saturated heterocycles. The summed E-state index contributed by atoms with van der Waals surface area (Å²) in [6, 6.07) is 0.672. The summed E-state index contributed by atoms with van der Waals surface area (Å²) in [6.07, 6.45) is 8.42. The van der Waals surface area contributed by atoms with Crippen molar-refractivity contribution in [3.8, 4) is 0 Å². The van der Waals surface area contributed by atoms with Gasteiger partial charge in [0.05, 0.1) is 5.92 Å².